The third-order valence-electron chi connectivity index (χ3n) is 6.53. The molecule has 12 heteroatoms. The molecule has 0 bridgehead atoms. The van der Waals surface area contributed by atoms with Gasteiger partial charge in [0.05, 0.1) is 29.5 Å². The van der Waals surface area contributed by atoms with Crippen LogP contribution < -0.4 is 15.0 Å². The van der Waals surface area contributed by atoms with Crippen molar-refractivity contribution in [2.75, 3.05) is 32.8 Å². The van der Waals surface area contributed by atoms with Gasteiger partial charge in [-0.3, -0.25) is 14.7 Å². The lowest BCUT2D eigenvalue weighted by Crippen LogP contribution is -2.47. The SMILES string of the molecule is O=C(O)N(Cc1cc2c(cn1)OCCO2)C1CCN(CCc2nc3cc(F)c(F)cc3[nH]c2=O)CC1. The van der Waals surface area contributed by atoms with E-state index in [0.29, 0.717) is 69.3 Å². The maximum atomic E-state index is 13.6. The minimum Gasteiger partial charge on any atom is -0.486 e. The lowest BCUT2D eigenvalue weighted by molar-refractivity contribution is 0.0860. The van der Waals surface area contributed by atoms with Gasteiger partial charge in [-0.25, -0.2) is 18.6 Å². The normalized spacial score (nSPS) is 16.3. The van der Waals surface area contributed by atoms with E-state index in [0.717, 1.165) is 12.1 Å². The van der Waals surface area contributed by atoms with Crippen LogP contribution in [0.25, 0.3) is 11.0 Å². The third kappa shape index (κ3) is 5.08. The van der Waals surface area contributed by atoms with Crippen LogP contribution in [-0.2, 0) is 13.0 Å². The van der Waals surface area contributed by atoms with E-state index in [1.165, 1.54) is 4.90 Å². The number of aromatic nitrogens is 3. The predicted molar refractivity (Wildman–Crippen MR) is 124 cm³/mol. The van der Waals surface area contributed by atoms with Crippen LogP contribution in [-0.4, -0.2) is 74.8 Å². The van der Waals surface area contributed by atoms with Gasteiger partial charge in [-0.1, -0.05) is 0 Å². The number of nitrogens with one attached hydrogen (secondary N) is 1. The number of ether oxygens (including phenoxy) is 2. The lowest BCUT2D eigenvalue weighted by Gasteiger charge is -2.37. The smallest absolute Gasteiger partial charge is 0.407 e. The van der Waals surface area contributed by atoms with E-state index in [1.54, 1.807) is 12.3 Å². The minimum absolute atomic E-state index is 0.143. The number of benzene rings is 1. The number of H-pyrrole nitrogens is 1. The van der Waals surface area contributed by atoms with Crippen molar-refractivity contribution >= 4 is 17.1 Å². The van der Waals surface area contributed by atoms with Gasteiger partial charge >= 0.3 is 6.09 Å². The molecular weight excluding hydrogens is 476 g/mol. The number of carboxylic acid groups (broad SMARTS) is 1. The maximum absolute atomic E-state index is 13.6. The van der Waals surface area contributed by atoms with Gasteiger partial charge in [-0.05, 0) is 12.8 Å². The summed E-state index contributed by atoms with van der Waals surface area (Å²) in [7, 11) is 0. The Balaban J connectivity index is 1.19. The Bertz CT molecular complexity index is 1340. The van der Waals surface area contributed by atoms with Crippen LogP contribution in [0, 0.1) is 11.6 Å². The number of amides is 1. The molecule has 10 nitrogen and oxygen atoms in total. The molecule has 190 valence electrons. The Morgan fingerprint density at radius 3 is 2.61 bits per heavy atom. The zero-order chi connectivity index (χ0) is 25.2. The Labute approximate surface area is 204 Å². The summed E-state index contributed by atoms with van der Waals surface area (Å²) < 4.78 is 38.0. The standard InChI is InChI=1S/C24H25F2N5O5/c25-16-10-19-20(11-17(16)26)29-23(32)18(28-19)3-6-30-4-1-15(2-5-30)31(24(33)34)13-14-9-21-22(12-27-14)36-8-7-35-21/h9-12,15H,1-8,13H2,(H,29,32)(H,33,34). The molecule has 2 aliphatic rings. The summed E-state index contributed by atoms with van der Waals surface area (Å²) in [5, 5.41) is 9.83. The second-order valence-corrected chi connectivity index (χ2v) is 8.85. The average molecular weight is 501 g/mol. The fourth-order valence-corrected chi connectivity index (χ4v) is 4.61. The topological polar surface area (TPSA) is 121 Å². The highest BCUT2D eigenvalue weighted by atomic mass is 19.2. The number of hydrogen-bond acceptors (Lipinski definition) is 7. The molecule has 4 heterocycles. The van der Waals surface area contributed by atoms with Crippen LogP contribution in [0.2, 0.25) is 0 Å². The molecule has 1 amide bonds. The molecule has 36 heavy (non-hydrogen) atoms. The van der Waals surface area contributed by atoms with Crippen molar-refractivity contribution in [3.63, 3.8) is 0 Å². The van der Waals surface area contributed by atoms with E-state index in [2.05, 4.69) is 19.9 Å². The number of nitrogens with zero attached hydrogens (tertiary/aromatic N) is 4. The van der Waals surface area contributed by atoms with Crippen LogP contribution in [0.1, 0.15) is 24.2 Å². The second-order valence-electron chi connectivity index (χ2n) is 8.85. The summed E-state index contributed by atoms with van der Waals surface area (Å²) in [4.78, 5) is 39.0. The largest absolute Gasteiger partial charge is 0.486 e. The molecule has 1 aromatic carbocycles. The van der Waals surface area contributed by atoms with Gasteiger partial charge in [0.15, 0.2) is 23.1 Å². The van der Waals surface area contributed by atoms with Gasteiger partial charge in [-0.15, -0.1) is 0 Å². The Morgan fingerprint density at radius 2 is 1.86 bits per heavy atom. The Hall–Kier alpha value is -3.80. The number of aromatic amines is 1. The van der Waals surface area contributed by atoms with Crippen LogP contribution >= 0.6 is 0 Å². The minimum atomic E-state index is -1.05. The summed E-state index contributed by atoms with van der Waals surface area (Å²) in [6.45, 7) is 2.87. The zero-order valence-corrected chi connectivity index (χ0v) is 19.4. The third-order valence-corrected chi connectivity index (χ3v) is 6.53. The van der Waals surface area contributed by atoms with Crippen molar-refractivity contribution in [3.8, 4) is 11.5 Å². The Kier molecular flexibility index (Phi) is 6.68. The second kappa shape index (κ2) is 10.1. The van der Waals surface area contributed by atoms with Gasteiger partial charge in [-0.2, -0.15) is 0 Å². The van der Waals surface area contributed by atoms with E-state index in [1.807, 2.05) is 0 Å². The number of hydrogen-bond donors (Lipinski definition) is 2. The molecule has 0 spiro atoms. The van der Waals surface area contributed by atoms with Crippen molar-refractivity contribution in [2.45, 2.75) is 31.8 Å². The molecule has 2 aliphatic heterocycles. The first-order chi connectivity index (χ1) is 17.4. The molecular formula is C24H25F2N5O5. The van der Waals surface area contributed by atoms with Gasteiger partial charge in [0.25, 0.3) is 5.56 Å². The number of rotatable bonds is 6. The first-order valence-electron chi connectivity index (χ1n) is 11.7. The number of likely N-dealkylation sites (tertiary alicyclic amines) is 1. The van der Waals surface area contributed by atoms with Crippen molar-refractivity contribution in [2.24, 2.45) is 0 Å². The number of fused-ring (bicyclic) bond motifs is 2. The van der Waals surface area contributed by atoms with E-state index in [9.17, 15) is 23.5 Å². The van der Waals surface area contributed by atoms with Crippen LogP contribution in [0.3, 0.4) is 0 Å². The summed E-state index contributed by atoms with van der Waals surface area (Å²) in [5.41, 5.74) is 0.721. The highest BCUT2D eigenvalue weighted by Gasteiger charge is 2.29. The van der Waals surface area contributed by atoms with Crippen molar-refractivity contribution in [3.05, 3.63) is 57.8 Å². The molecule has 5 rings (SSSR count). The molecule has 3 aromatic rings. The monoisotopic (exact) mass is 501 g/mol. The average Bonchev–Trinajstić information content (AvgIpc) is 2.87. The number of pyridine rings is 1. The molecule has 0 atom stereocenters. The van der Waals surface area contributed by atoms with Crippen molar-refractivity contribution in [1.29, 1.82) is 0 Å². The maximum Gasteiger partial charge on any atom is 0.407 e. The van der Waals surface area contributed by atoms with Gasteiger partial charge < -0.3 is 24.5 Å². The van der Waals surface area contributed by atoms with E-state index in [4.69, 9.17) is 9.47 Å². The number of piperidine rings is 1. The molecule has 0 aliphatic carbocycles. The first kappa shape index (κ1) is 23.9. The lowest BCUT2D eigenvalue weighted by atomic mass is 10.0. The first-order valence-corrected chi connectivity index (χ1v) is 11.7. The molecule has 0 saturated carbocycles. The fourth-order valence-electron chi connectivity index (χ4n) is 4.61. The predicted octanol–water partition coefficient (Wildman–Crippen LogP) is 2.55. The fraction of sp³-hybridized carbons (Fsp3) is 0.417. The molecule has 2 aromatic heterocycles. The zero-order valence-electron chi connectivity index (χ0n) is 19.4. The molecule has 0 unspecified atom stereocenters. The van der Waals surface area contributed by atoms with Crippen molar-refractivity contribution in [1.82, 2.24) is 24.8 Å². The number of halogens is 2. The highest BCUT2D eigenvalue weighted by Crippen LogP contribution is 2.30. The van der Waals surface area contributed by atoms with E-state index < -0.39 is 23.3 Å². The summed E-state index contributed by atoms with van der Waals surface area (Å²) in [6.07, 6.45) is 2.13. The van der Waals surface area contributed by atoms with Gasteiger partial charge in [0.1, 0.15) is 18.9 Å². The van der Waals surface area contributed by atoms with Crippen LogP contribution in [0.4, 0.5) is 13.6 Å². The Morgan fingerprint density at radius 1 is 1.14 bits per heavy atom. The summed E-state index contributed by atoms with van der Waals surface area (Å²) >= 11 is 0. The van der Waals surface area contributed by atoms with E-state index >= 15 is 0 Å². The number of carbonyl (C=O) groups is 1. The molecule has 2 N–H and O–H groups in total. The van der Waals surface area contributed by atoms with Crippen LogP contribution in [0.5, 0.6) is 11.5 Å². The highest BCUT2D eigenvalue weighted by molar-refractivity contribution is 5.74. The summed E-state index contributed by atoms with van der Waals surface area (Å²) in [5.74, 6) is -0.950. The molecule has 0 radical (unpaired) electrons. The van der Waals surface area contributed by atoms with Crippen molar-refractivity contribution < 1.29 is 28.2 Å². The van der Waals surface area contributed by atoms with Gasteiger partial charge in [0, 0.05) is 50.3 Å². The van der Waals surface area contributed by atoms with E-state index in [-0.39, 0.29) is 29.3 Å². The molecule has 1 fully saturated rings. The molecule has 1 saturated heterocycles. The van der Waals surface area contributed by atoms with Gasteiger partial charge in [0.2, 0.25) is 0 Å². The summed E-state index contributed by atoms with van der Waals surface area (Å²) in [6, 6.07) is 3.43. The van der Waals surface area contributed by atoms with Crippen LogP contribution in [0.15, 0.2) is 29.2 Å². The quantitative estimate of drug-likeness (QED) is 0.529.